The number of sulfone groups is 1. The van der Waals surface area contributed by atoms with E-state index in [1.165, 1.54) is 13.4 Å². The minimum Gasteiger partial charge on any atom is -0.496 e. The fourth-order valence-electron chi connectivity index (χ4n) is 2.57. The molecule has 0 spiro atoms. The van der Waals surface area contributed by atoms with E-state index < -0.39 is 9.84 Å². The number of nitrogens with one attached hydrogen (secondary N) is 1. The Hall–Kier alpha value is -1.27. The maximum Gasteiger partial charge on any atom is 0.179 e. The Balaban J connectivity index is 2.82. The lowest BCUT2D eigenvalue weighted by atomic mass is 9.93. The zero-order valence-corrected chi connectivity index (χ0v) is 12.4. The summed E-state index contributed by atoms with van der Waals surface area (Å²) >= 11 is 0. The maximum atomic E-state index is 11.9. The molecular formula is C13H19NO4S. The van der Waals surface area contributed by atoms with Crippen LogP contribution in [0, 0.1) is 0 Å². The van der Waals surface area contributed by atoms with Gasteiger partial charge in [0.25, 0.3) is 0 Å². The fraction of sp³-hybridized carbons (Fsp3) is 0.538. The number of methoxy groups -OCH3 is 2. The number of hydrogen-bond donors (Lipinski definition) is 1. The first-order valence-corrected chi connectivity index (χ1v) is 8.00. The van der Waals surface area contributed by atoms with Gasteiger partial charge in [-0.25, -0.2) is 8.42 Å². The lowest BCUT2D eigenvalue weighted by Gasteiger charge is -2.28. The zero-order chi connectivity index (χ0) is 14.2. The van der Waals surface area contributed by atoms with Crippen molar-refractivity contribution >= 4 is 9.84 Å². The highest BCUT2D eigenvalue weighted by molar-refractivity contribution is 7.90. The Kier molecular flexibility index (Phi) is 3.73. The highest BCUT2D eigenvalue weighted by Crippen LogP contribution is 2.42. The van der Waals surface area contributed by atoms with E-state index in [-0.39, 0.29) is 10.9 Å². The predicted octanol–water partition coefficient (Wildman–Crippen LogP) is 1.31. The summed E-state index contributed by atoms with van der Waals surface area (Å²) in [5, 5.41) is 3.31. The molecule has 0 radical (unpaired) electrons. The van der Waals surface area contributed by atoms with Gasteiger partial charge in [0.15, 0.2) is 9.84 Å². The highest BCUT2D eigenvalue weighted by Gasteiger charge is 2.29. The minimum atomic E-state index is -3.37. The number of rotatable bonds is 3. The van der Waals surface area contributed by atoms with Crippen LogP contribution < -0.4 is 14.8 Å². The Morgan fingerprint density at radius 2 is 2.00 bits per heavy atom. The van der Waals surface area contributed by atoms with Crippen LogP contribution in [0.1, 0.15) is 24.1 Å². The molecule has 0 aliphatic carbocycles. The van der Waals surface area contributed by atoms with Gasteiger partial charge in [-0.2, -0.15) is 0 Å². The first-order chi connectivity index (χ1) is 8.90. The smallest absolute Gasteiger partial charge is 0.179 e. The average molecular weight is 285 g/mol. The maximum absolute atomic E-state index is 11.9. The van der Waals surface area contributed by atoms with E-state index in [4.69, 9.17) is 9.47 Å². The van der Waals surface area contributed by atoms with Crippen molar-refractivity contribution in [2.75, 3.05) is 27.0 Å². The van der Waals surface area contributed by atoms with Crippen molar-refractivity contribution in [2.45, 2.75) is 24.3 Å². The van der Waals surface area contributed by atoms with Crippen molar-refractivity contribution in [3.05, 3.63) is 17.2 Å². The average Bonchev–Trinajstić information content (AvgIpc) is 2.36. The van der Waals surface area contributed by atoms with E-state index in [1.807, 2.05) is 6.92 Å². The molecule has 6 heteroatoms. The standard InChI is InChI=1S/C13H19NO4S/c1-8-12-9(5-6-14-8)10(17-2)7-11(13(12)18-3)19(4,15)16/h7-8,14H,5-6H2,1-4H3. The van der Waals surface area contributed by atoms with Crippen molar-refractivity contribution < 1.29 is 17.9 Å². The van der Waals surface area contributed by atoms with Crippen molar-refractivity contribution in [3.8, 4) is 11.5 Å². The molecule has 106 valence electrons. The Morgan fingerprint density at radius 1 is 1.32 bits per heavy atom. The molecule has 5 nitrogen and oxygen atoms in total. The molecule has 1 aromatic carbocycles. The van der Waals surface area contributed by atoms with Crippen LogP contribution in [0.5, 0.6) is 11.5 Å². The van der Waals surface area contributed by atoms with Gasteiger partial charge in [0, 0.05) is 29.5 Å². The highest BCUT2D eigenvalue weighted by atomic mass is 32.2. The SMILES string of the molecule is COc1cc(S(C)(=O)=O)c(OC)c2c1CCNC2C. The second kappa shape index (κ2) is 5.02. The third-order valence-electron chi connectivity index (χ3n) is 3.44. The van der Waals surface area contributed by atoms with Gasteiger partial charge in [-0.05, 0) is 19.9 Å². The Labute approximate surface area is 113 Å². The number of ether oxygens (including phenoxy) is 2. The predicted molar refractivity (Wildman–Crippen MR) is 72.8 cm³/mol. The Morgan fingerprint density at radius 3 is 2.53 bits per heavy atom. The van der Waals surface area contributed by atoms with Crippen molar-refractivity contribution in [2.24, 2.45) is 0 Å². The van der Waals surface area contributed by atoms with E-state index in [1.54, 1.807) is 13.2 Å². The minimum absolute atomic E-state index is 0.0364. The molecule has 1 aliphatic rings. The summed E-state index contributed by atoms with van der Waals surface area (Å²) in [6.45, 7) is 2.83. The van der Waals surface area contributed by atoms with E-state index in [0.717, 1.165) is 24.1 Å². The van der Waals surface area contributed by atoms with Crippen molar-refractivity contribution in [1.29, 1.82) is 0 Å². The lowest BCUT2D eigenvalue weighted by Crippen LogP contribution is -2.29. The molecule has 1 aliphatic heterocycles. The van der Waals surface area contributed by atoms with E-state index in [9.17, 15) is 8.42 Å². The molecule has 2 rings (SSSR count). The van der Waals surface area contributed by atoms with Gasteiger partial charge >= 0.3 is 0 Å². The van der Waals surface area contributed by atoms with Crippen LogP contribution in [0.25, 0.3) is 0 Å². The van der Waals surface area contributed by atoms with Gasteiger partial charge in [0.2, 0.25) is 0 Å². The van der Waals surface area contributed by atoms with Gasteiger partial charge in [-0.1, -0.05) is 0 Å². The summed E-state index contributed by atoms with van der Waals surface area (Å²) in [6.07, 6.45) is 1.97. The van der Waals surface area contributed by atoms with Gasteiger partial charge < -0.3 is 14.8 Å². The van der Waals surface area contributed by atoms with Crippen LogP contribution in [-0.2, 0) is 16.3 Å². The van der Waals surface area contributed by atoms with Crippen LogP contribution in [0.4, 0.5) is 0 Å². The molecule has 1 N–H and O–H groups in total. The summed E-state index contributed by atoms with van der Waals surface area (Å²) in [4.78, 5) is 0.182. The van der Waals surface area contributed by atoms with Gasteiger partial charge in [-0.3, -0.25) is 0 Å². The van der Waals surface area contributed by atoms with Crippen LogP contribution >= 0.6 is 0 Å². The molecule has 19 heavy (non-hydrogen) atoms. The molecule has 0 bridgehead atoms. The van der Waals surface area contributed by atoms with Crippen LogP contribution in [0.3, 0.4) is 0 Å². The summed E-state index contributed by atoms with van der Waals surface area (Å²) in [5.41, 5.74) is 1.91. The third-order valence-corrected chi connectivity index (χ3v) is 4.54. The number of hydrogen-bond acceptors (Lipinski definition) is 5. The van der Waals surface area contributed by atoms with Gasteiger partial charge in [-0.15, -0.1) is 0 Å². The quantitative estimate of drug-likeness (QED) is 0.907. The zero-order valence-electron chi connectivity index (χ0n) is 11.6. The number of benzene rings is 1. The van der Waals surface area contributed by atoms with Crippen molar-refractivity contribution in [3.63, 3.8) is 0 Å². The summed E-state index contributed by atoms with van der Waals surface area (Å²) in [6, 6.07) is 1.60. The van der Waals surface area contributed by atoms with Crippen LogP contribution in [0.15, 0.2) is 11.0 Å². The molecule has 1 heterocycles. The molecule has 1 unspecified atom stereocenters. The van der Waals surface area contributed by atoms with Crippen LogP contribution in [-0.4, -0.2) is 35.4 Å². The summed E-state index contributed by atoms with van der Waals surface area (Å²) in [5.74, 6) is 1.04. The molecule has 0 aromatic heterocycles. The Bertz CT molecular complexity index is 595. The first kappa shape index (κ1) is 14.1. The molecule has 0 fully saturated rings. The number of fused-ring (bicyclic) bond motifs is 1. The summed E-state index contributed by atoms with van der Waals surface area (Å²) < 4.78 is 34.5. The van der Waals surface area contributed by atoms with E-state index in [0.29, 0.717) is 11.5 Å². The normalized spacial score (nSPS) is 18.8. The molecule has 0 amide bonds. The second-order valence-corrected chi connectivity index (χ2v) is 6.68. The second-order valence-electron chi connectivity index (χ2n) is 4.70. The molecular weight excluding hydrogens is 266 g/mol. The van der Waals surface area contributed by atoms with E-state index >= 15 is 0 Å². The largest absolute Gasteiger partial charge is 0.496 e. The molecule has 1 aromatic rings. The topological polar surface area (TPSA) is 64.6 Å². The molecule has 1 atom stereocenters. The van der Waals surface area contributed by atoms with E-state index in [2.05, 4.69) is 5.32 Å². The van der Waals surface area contributed by atoms with Crippen LogP contribution in [0.2, 0.25) is 0 Å². The molecule has 0 saturated heterocycles. The van der Waals surface area contributed by atoms with Gasteiger partial charge in [0.05, 0.1) is 14.2 Å². The summed E-state index contributed by atoms with van der Waals surface area (Å²) in [7, 11) is -0.313. The van der Waals surface area contributed by atoms with Crippen molar-refractivity contribution in [1.82, 2.24) is 5.32 Å². The monoisotopic (exact) mass is 285 g/mol. The lowest BCUT2D eigenvalue weighted by molar-refractivity contribution is 0.369. The first-order valence-electron chi connectivity index (χ1n) is 6.11. The molecule has 0 saturated carbocycles. The van der Waals surface area contributed by atoms with Gasteiger partial charge in [0.1, 0.15) is 16.4 Å². The third kappa shape index (κ3) is 2.42. The fourth-order valence-corrected chi connectivity index (χ4v) is 3.43.